The fraction of sp³-hybridized carbons (Fsp3) is 0.167. The summed E-state index contributed by atoms with van der Waals surface area (Å²) < 4.78 is 15.0. The van der Waals surface area contributed by atoms with Crippen LogP contribution in [0.5, 0.6) is 0 Å². The quantitative estimate of drug-likeness (QED) is 0.464. The van der Waals surface area contributed by atoms with Crippen molar-refractivity contribution in [3.8, 4) is 11.3 Å². The molecular formula is C24H17FN6O3. The predicted octanol–water partition coefficient (Wildman–Crippen LogP) is 2.38. The Morgan fingerprint density at radius 1 is 1.06 bits per heavy atom. The number of fused-ring (bicyclic) bond motifs is 5. The Bertz CT molecular complexity index is 1470. The van der Waals surface area contributed by atoms with Gasteiger partial charge in [-0.05, 0) is 12.1 Å². The van der Waals surface area contributed by atoms with Gasteiger partial charge in [-0.3, -0.25) is 19.4 Å². The SMILES string of the molecule is O=C1C(=O)N2CCN(C(=O)c3ccccc3)C[C@H]2c2[nH]c3c(-c4cncnc4)ncc(F)c3c21. The van der Waals surface area contributed by atoms with E-state index in [1.54, 1.807) is 29.2 Å². The number of carbonyl (C=O) groups excluding carboxylic acids is 3. The zero-order valence-corrected chi connectivity index (χ0v) is 17.7. The Hall–Kier alpha value is -4.47. The van der Waals surface area contributed by atoms with Crippen LogP contribution in [0, 0.1) is 5.82 Å². The third-order valence-electron chi connectivity index (χ3n) is 6.35. The summed E-state index contributed by atoms with van der Waals surface area (Å²) in [5.41, 5.74) is 2.11. The van der Waals surface area contributed by atoms with Crippen LogP contribution in [-0.2, 0) is 4.79 Å². The molecule has 5 heterocycles. The molecule has 1 saturated heterocycles. The zero-order chi connectivity index (χ0) is 23.4. The number of ketones is 1. The molecule has 0 aliphatic carbocycles. The van der Waals surface area contributed by atoms with Gasteiger partial charge in [-0.1, -0.05) is 18.2 Å². The van der Waals surface area contributed by atoms with Crippen molar-refractivity contribution in [2.75, 3.05) is 19.6 Å². The smallest absolute Gasteiger partial charge is 0.295 e. The van der Waals surface area contributed by atoms with Gasteiger partial charge in [0.1, 0.15) is 6.33 Å². The van der Waals surface area contributed by atoms with Crippen LogP contribution in [0.4, 0.5) is 4.39 Å². The number of piperazine rings is 1. The van der Waals surface area contributed by atoms with E-state index >= 15 is 0 Å². The average molecular weight is 456 g/mol. The molecule has 4 aromatic rings. The first kappa shape index (κ1) is 20.2. The minimum Gasteiger partial charge on any atom is -0.354 e. The lowest BCUT2D eigenvalue weighted by molar-refractivity contribution is -0.131. The summed E-state index contributed by atoms with van der Waals surface area (Å²) >= 11 is 0. The molecule has 34 heavy (non-hydrogen) atoms. The molecule has 0 bridgehead atoms. The number of hydrogen-bond donors (Lipinski definition) is 1. The first-order valence-corrected chi connectivity index (χ1v) is 10.7. The number of hydrogen-bond acceptors (Lipinski definition) is 6. The maximum absolute atomic E-state index is 15.0. The molecule has 2 aliphatic rings. The summed E-state index contributed by atoms with van der Waals surface area (Å²) in [7, 11) is 0. The van der Waals surface area contributed by atoms with Gasteiger partial charge in [0.15, 0.2) is 5.82 Å². The number of amides is 2. The van der Waals surface area contributed by atoms with E-state index in [0.717, 1.165) is 6.20 Å². The molecule has 2 aliphatic heterocycles. The van der Waals surface area contributed by atoms with Crippen LogP contribution in [0.1, 0.15) is 32.5 Å². The number of pyridine rings is 1. The van der Waals surface area contributed by atoms with Crippen LogP contribution >= 0.6 is 0 Å². The summed E-state index contributed by atoms with van der Waals surface area (Å²) in [5.74, 6) is -2.36. The van der Waals surface area contributed by atoms with Gasteiger partial charge in [0.05, 0.1) is 40.1 Å². The second-order valence-electron chi connectivity index (χ2n) is 8.21. The summed E-state index contributed by atoms with van der Waals surface area (Å²) in [4.78, 5) is 57.5. The van der Waals surface area contributed by atoms with Crippen LogP contribution < -0.4 is 0 Å². The minimum atomic E-state index is -0.777. The second-order valence-corrected chi connectivity index (χ2v) is 8.21. The Labute approximate surface area is 192 Å². The number of Topliss-reactive ketones (excluding diaryl/α,β-unsaturated/α-hetero) is 1. The van der Waals surface area contributed by atoms with Gasteiger partial charge >= 0.3 is 0 Å². The summed E-state index contributed by atoms with van der Waals surface area (Å²) in [5, 5.41) is 0.00774. The van der Waals surface area contributed by atoms with E-state index in [-0.39, 0.29) is 35.5 Å². The van der Waals surface area contributed by atoms with E-state index in [9.17, 15) is 18.8 Å². The van der Waals surface area contributed by atoms with Gasteiger partial charge in [-0.2, -0.15) is 0 Å². The summed E-state index contributed by atoms with van der Waals surface area (Å²) in [6.45, 7) is 0.662. The largest absolute Gasteiger partial charge is 0.354 e. The van der Waals surface area contributed by atoms with Crippen LogP contribution in [0.3, 0.4) is 0 Å². The molecule has 9 nitrogen and oxygen atoms in total. The average Bonchev–Trinajstić information content (AvgIpc) is 3.30. The zero-order valence-electron chi connectivity index (χ0n) is 17.7. The van der Waals surface area contributed by atoms with Crippen molar-refractivity contribution in [2.45, 2.75) is 6.04 Å². The molecule has 0 radical (unpaired) electrons. The van der Waals surface area contributed by atoms with Crippen molar-refractivity contribution in [2.24, 2.45) is 0 Å². The van der Waals surface area contributed by atoms with Gasteiger partial charge in [0.2, 0.25) is 0 Å². The first-order chi connectivity index (χ1) is 16.5. The van der Waals surface area contributed by atoms with E-state index in [1.807, 2.05) is 6.07 Å². The van der Waals surface area contributed by atoms with Crippen LogP contribution in [-0.4, -0.2) is 67.0 Å². The predicted molar refractivity (Wildman–Crippen MR) is 118 cm³/mol. The number of aromatic amines is 1. The van der Waals surface area contributed by atoms with Crippen LogP contribution in [0.25, 0.3) is 22.2 Å². The number of rotatable bonds is 2. The highest BCUT2D eigenvalue weighted by Crippen LogP contribution is 2.40. The van der Waals surface area contributed by atoms with E-state index in [4.69, 9.17) is 0 Å². The van der Waals surface area contributed by atoms with Crippen molar-refractivity contribution >= 4 is 28.5 Å². The molecule has 168 valence electrons. The molecule has 0 saturated carbocycles. The third kappa shape index (κ3) is 2.92. The van der Waals surface area contributed by atoms with Gasteiger partial charge in [-0.15, -0.1) is 0 Å². The molecule has 1 fully saturated rings. The lowest BCUT2D eigenvalue weighted by atomic mass is 9.93. The number of nitrogens with one attached hydrogen (secondary N) is 1. The third-order valence-corrected chi connectivity index (χ3v) is 6.35. The number of carbonyl (C=O) groups is 3. The normalized spacial score (nSPS) is 17.6. The lowest BCUT2D eigenvalue weighted by Gasteiger charge is -2.43. The highest BCUT2D eigenvalue weighted by atomic mass is 19.1. The van der Waals surface area contributed by atoms with E-state index < -0.39 is 23.5 Å². The molecule has 1 aromatic carbocycles. The van der Waals surface area contributed by atoms with E-state index in [2.05, 4.69) is 19.9 Å². The van der Waals surface area contributed by atoms with Crippen molar-refractivity contribution in [3.63, 3.8) is 0 Å². The molecule has 1 atom stereocenters. The van der Waals surface area contributed by atoms with Crippen molar-refractivity contribution in [1.29, 1.82) is 0 Å². The van der Waals surface area contributed by atoms with Crippen molar-refractivity contribution < 1.29 is 18.8 Å². The molecule has 10 heteroatoms. The molecule has 3 aromatic heterocycles. The maximum atomic E-state index is 15.0. The molecule has 6 rings (SSSR count). The molecular weight excluding hydrogens is 439 g/mol. The first-order valence-electron chi connectivity index (χ1n) is 10.7. The summed E-state index contributed by atoms with van der Waals surface area (Å²) in [6.07, 6.45) is 5.46. The number of halogens is 1. The Balaban J connectivity index is 1.49. The minimum absolute atomic E-state index is 0.00624. The topological polar surface area (TPSA) is 112 Å². The van der Waals surface area contributed by atoms with Crippen LogP contribution in [0.2, 0.25) is 0 Å². The molecule has 2 amide bonds. The standard InChI is InChI=1S/C24H17FN6O3/c25-15-10-28-19(14-8-26-12-27-9-14)21-17(15)18-20(29-21)16-11-30(6-7-31(16)24(34)22(18)32)23(33)13-4-2-1-3-5-13/h1-5,8-10,12,16,29H,6-7,11H2/t16-/m0/s1. The lowest BCUT2D eigenvalue weighted by Crippen LogP contribution is -2.56. The Morgan fingerprint density at radius 3 is 2.59 bits per heavy atom. The Kier molecular flexibility index (Phi) is 4.47. The number of benzene rings is 1. The molecule has 1 N–H and O–H groups in total. The van der Waals surface area contributed by atoms with Gasteiger partial charge in [0, 0.05) is 43.2 Å². The van der Waals surface area contributed by atoms with Crippen molar-refractivity contribution in [3.05, 3.63) is 77.9 Å². The fourth-order valence-corrected chi connectivity index (χ4v) is 4.77. The summed E-state index contributed by atoms with van der Waals surface area (Å²) in [6, 6.07) is 8.24. The maximum Gasteiger partial charge on any atom is 0.295 e. The number of H-pyrrole nitrogens is 1. The number of nitrogens with zero attached hydrogens (tertiary/aromatic N) is 5. The van der Waals surface area contributed by atoms with Gasteiger partial charge < -0.3 is 14.8 Å². The monoisotopic (exact) mass is 456 g/mol. The Morgan fingerprint density at radius 2 is 1.82 bits per heavy atom. The second kappa shape index (κ2) is 7.55. The number of aromatic nitrogens is 4. The van der Waals surface area contributed by atoms with E-state index in [1.165, 1.54) is 23.6 Å². The highest BCUT2D eigenvalue weighted by Gasteiger charge is 2.45. The molecule has 0 spiro atoms. The highest BCUT2D eigenvalue weighted by molar-refractivity contribution is 6.46. The fourth-order valence-electron chi connectivity index (χ4n) is 4.77. The van der Waals surface area contributed by atoms with Crippen molar-refractivity contribution in [1.82, 2.24) is 29.7 Å². The van der Waals surface area contributed by atoms with E-state index in [0.29, 0.717) is 29.1 Å². The van der Waals surface area contributed by atoms with Crippen LogP contribution in [0.15, 0.2) is 55.2 Å². The van der Waals surface area contributed by atoms with Gasteiger partial charge in [-0.25, -0.2) is 14.4 Å². The van der Waals surface area contributed by atoms with Gasteiger partial charge in [0.25, 0.3) is 17.6 Å². The molecule has 0 unspecified atom stereocenters.